The van der Waals surface area contributed by atoms with Crippen LogP contribution in [-0.2, 0) is 16.8 Å². The van der Waals surface area contributed by atoms with Crippen molar-refractivity contribution in [1.29, 1.82) is 0 Å². The summed E-state index contributed by atoms with van der Waals surface area (Å²) in [5.74, 6) is 0.782. The third-order valence-corrected chi connectivity index (χ3v) is 3.77. The fraction of sp³-hybridized carbons (Fsp3) is 0.357. The first-order valence-electron chi connectivity index (χ1n) is 6.78. The van der Waals surface area contributed by atoms with Crippen molar-refractivity contribution in [2.45, 2.75) is 32.7 Å². The maximum atomic E-state index is 11.2. The molecule has 0 bridgehead atoms. The average Bonchev–Trinajstić information content (AvgIpc) is 3.06. The van der Waals surface area contributed by atoms with E-state index in [2.05, 4.69) is 24.2 Å². The van der Waals surface area contributed by atoms with Gasteiger partial charge in [0.2, 0.25) is 11.8 Å². The number of fused-ring (bicyclic) bond motifs is 1. The van der Waals surface area contributed by atoms with E-state index in [4.69, 9.17) is 4.52 Å². The molecule has 22 heavy (non-hydrogen) atoms. The molecule has 3 rings (SSSR count). The summed E-state index contributed by atoms with van der Waals surface area (Å²) in [5.41, 5.74) is 2.02. The Morgan fingerprint density at radius 2 is 2.18 bits per heavy atom. The van der Waals surface area contributed by atoms with Gasteiger partial charge in [-0.25, -0.2) is 0 Å². The Morgan fingerprint density at radius 3 is 2.95 bits per heavy atom. The number of carbonyl (C=O) groups is 1. The van der Waals surface area contributed by atoms with E-state index >= 15 is 0 Å². The summed E-state index contributed by atoms with van der Waals surface area (Å²) in [6.45, 7) is 5.11. The topological polar surface area (TPSA) is 93.8 Å². The number of hydrogen-bond acceptors (Lipinski definition) is 7. The summed E-state index contributed by atoms with van der Waals surface area (Å²) < 4.78 is 13.8. The van der Waals surface area contributed by atoms with Crippen LogP contribution in [0.1, 0.15) is 38.0 Å². The molecule has 0 aliphatic rings. The largest absolute Gasteiger partial charge is 0.344 e. The number of rotatable bonds is 4. The first-order valence-corrected chi connectivity index (χ1v) is 7.51. The van der Waals surface area contributed by atoms with E-state index in [1.54, 1.807) is 0 Å². The fourth-order valence-corrected chi connectivity index (χ4v) is 2.81. The van der Waals surface area contributed by atoms with Crippen molar-refractivity contribution in [1.82, 2.24) is 24.2 Å². The molecule has 8 heteroatoms. The zero-order valence-electron chi connectivity index (χ0n) is 12.5. The number of hydrogen-bond donors (Lipinski definition) is 1. The predicted molar refractivity (Wildman–Crippen MR) is 81.4 cm³/mol. The standard InChI is InChI=1S/C14H15N5O2S/c1-8(20)16-14(2,3)13-15-11(21-17-13)7-9-5-4-6-10-12(9)19-22-18-10/h4-6H,7H2,1-3H3,(H,16,20). The van der Waals surface area contributed by atoms with E-state index in [9.17, 15) is 4.79 Å². The van der Waals surface area contributed by atoms with Gasteiger partial charge in [0.15, 0.2) is 5.82 Å². The second-order valence-electron chi connectivity index (χ2n) is 5.54. The number of nitrogens with one attached hydrogen (secondary N) is 1. The van der Waals surface area contributed by atoms with Crippen LogP contribution in [0.3, 0.4) is 0 Å². The lowest BCUT2D eigenvalue weighted by Crippen LogP contribution is -2.40. The molecule has 0 radical (unpaired) electrons. The maximum Gasteiger partial charge on any atom is 0.231 e. The van der Waals surface area contributed by atoms with E-state index in [1.165, 1.54) is 18.7 Å². The minimum absolute atomic E-state index is 0.144. The van der Waals surface area contributed by atoms with Crippen molar-refractivity contribution in [3.63, 3.8) is 0 Å². The minimum atomic E-state index is -0.679. The van der Waals surface area contributed by atoms with Gasteiger partial charge in [-0.05, 0) is 25.5 Å². The van der Waals surface area contributed by atoms with E-state index < -0.39 is 5.54 Å². The van der Waals surface area contributed by atoms with E-state index in [1.807, 2.05) is 32.0 Å². The van der Waals surface area contributed by atoms with Gasteiger partial charge in [-0.1, -0.05) is 17.3 Å². The van der Waals surface area contributed by atoms with Crippen molar-refractivity contribution in [3.8, 4) is 0 Å². The van der Waals surface area contributed by atoms with Gasteiger partial charge < -0.3 is 9.84 Å². The zero-order valence-corrected chi connectivity index (χ0v) is 13.3. The normalized spacial score (nSPS) is 11.8. The molecule has 1 N–H and O–H groups in total. The molecule has 3 aromatic rings. The van der Waals surface area contributed by atoms with Gasteiger partial charge in [0.25, 0.3) is 0 Å². The summed E-state index contributed by atoms with van der Waals surface area (Å²) in [4.78, 5) is 15.6. The second-order valence-corrected chi connectivity index (χ2v) is 6.07. The van der Waals surface area contributed by atoms with Crippen LogP contribution >= 0.6 is 11.7 Å². The number of benzene rings is 1. The lowest BCUT2D eigenvalue weighted by molar-refractivity contribution is -0.120. The van der Waals surface area contributed by atoms with Gasteiger partial charge in [-0.2, -0.15) is 13.7 Å². The first kappa shape index (κ1) is 14.6. The molecule has 0 aliphatic heterocycles. The maximum absolute atomic E-state index is 11.2. The SMILES string of the molecule is CC(=O)NC(C)(C)c1noc(Cc2cccc3nsnc23)n1. The molecule has 0 saturated carbocycles. The lowest BCUT2D eigenvalue weighted by Gasteiger charge is -2.20. The number of aromatic nitrogens is 4. The summed E-state index contributed by atoms with van der Waals surface area (Å²) in [5, 5.41) is 6.76. The second kappa shape index (κ2) is 5.45. The van der Waals surface area contributed by atoms with Gasteiger partial charge >= 0.3 is 0 Å². The molecule has 2 heterocycles. The smallest absolute Gasteiger partial charge is 0.231 e. The quantitative estimate of drug-likeness (QED) is 0.791. The Bertz CT molecular complexity index is 823. The molecule has 0 spiro atoms. The predicted octanol–water partition coefficient (Wildman–Crippen LogP) is 2.04. The van der Waals surface area contributed by atoms with Crippen molar-refractivity contribution in [3.05, 3.63) is 35.5 Å². The highest BCUT2D eigenvalue weighted by Gasteiger charge is 2.27. The number of carbonyl (C=O) groups excluding carboxylic acids is 1. The highest BCUT2D eigenvalue weighted by Crippen LogP contribution is 2.21. The van der Waals surface area contributed by atoms with Gasteiger partial charge in [0, 0.05) is 6.92 Å². The van der Waals surface area contributed by atoms with E-state index in [0.717, 1.165) is 16.6 Å². The summed E-state index contributed by atoms with van der Waals surface area (Å²) in [7, 11) is 0. The highest BCUT2D eigenvalue weighted by atomic mass is 32.1. The molecule has 0 saturated heterocycles. The molecule has 1 amide bonds. The molecule has 1 aromatic carbocycles. The van der Waals surface area contributed by atoms with Gasteiger partial charge in [-0.15, -0.1) is 0 Å². The zero-order chi connectivity index (χ0) is 15.7. The summed E-state index contributed by atoms with van der Waals surface area (Å²) in [6, 6.07) is 5.81. The van der Waals surface area contributed by atoms with Crippen molar-refractivity contribution < 1.29 is 9.32 Å². The van der Waals surface area contributed by atoms with Crippen LogP contribution in [0.25, 0.3) is 11.0 Å². The molecule has 7 nitrogen and oxygen atoms in total. The fourth-order valence-electron chi connectivity index (χ4n) is 2.24. The number of nitrogens with zero attached hydrogens (tertiary/aromatic N) is 4. The Kier molecular flexibility index (Phi) is 3.61. The third-order valence-electron chi connectivity index (χ3n) is 3.23. The molecule has 0 fully saturated rings. The van der Waals surface area contributed by atoms with Gasteiger partial charge in [0.05, 0.1) is 23.7 Å². The molecule has 0 atom stereocenters. The van der Waals surface area contributed by atoms with Crippen molar-refractivity contribution >= 4 is 28.7 Å². The van der Waals surface area contributed by atoms with Crippen LogP contribution < -0.4 is 5.32 Å². The van der Waals surface area contributed by atoms with Crippen LogP contribution in [0, 0.1) is 0 Å². The van der Waals surface area contributed by atoms with Crippen molar-refractivity contribution in [2.75, 3.05) is 0 Å². The third kappa shape index (κ3) is 2.82. The van der Waals surface area contributed by atoms with Crippen LogP contribution in [0.5, 0.6) is 0 Å². The summed E-state index contributed by atoms with van der Waals surface area (Å²) >= 11 is 1.18. The highest BCUT2D eigenvalue weighted by molar-refractivity contribution is 7.00. The molecule has 0 unspecified atom stereocenters. The molecule has 114 valence electrons. The van der Waals surface area contributed by atoms with E-state index in [-0.39, 0.29) is 5.91 Å². The average molecular weight is 317 g/mol. The van der Waals surface area contributed by atoms with Crippen molar-refractivity contribution in [2.24, 2.45) is 0 Å². The summed E-state index contributed by atoms with van der Waals surface area (Å²) in [6.07, 6.45) is 0.478. The van der Waals surface area contributed by atoms with Crippen LogP contribution in [0.15, 0.2) is 22.7 Å². The molecule has 2 aromatic heterocycles. The van der Waals surface area contributed by atoms with Crippen LogP contribution in [0.2, 0.25) is 0 Å². The Hall–Kier alpha value is -2.35. The molecule has 0 aliphatic carbocycles. The molecular formula is C14H15N5O2S. The monoisotopic (exact) mass is 317 g/mol. The Morgan fingerprint density at radius 1 is 1.36 bits per heavy atom. The Labute approximate surface area is 131 Å². The van der Waals surface area contributed by atoms with Gasteiger partial charge in [0.1, 0.15) is 11.0 Å². The van der Waals surface area contributed by atoms with Gasteiger partial charge in [-0.3, -0.25) is 4.79 Å². The number of amides is 1. The van der Waals surface area contributed by atoms with Crippen LogP contribution in [0.4, 0.5) is 0 Å². The lowest BCUT2D eigenvalue weighted by atomic mass is 10.1. The van der Waals surface area contributed by atoms with E-state index in [0.29, 0.717) is 18.1 Å². The minimum Gasteiger partial charge on any atom is -0.344 e. The van der Waals surface area contributed by atoms with Crippen LogP contribution in [-0.4, -0.2) is 24.8 Å². The molecular weight excluding hydrogens is 302 g/mol. The Balaban J connectivity index is 1.85. The first-order chi connectivity index (χ1) is 10.5.